The molecule has 3 rings (SSSR count). The number of ether oxygens (including phenoxy) is 1. The van der Waals surface area contributed by atoms with Crippen molar-refractivity contribution >= 4 is 5.97 Å². The molecular weight excluding hydrogens is 400 g/mol. The molecule has 0 bridgehead atoms. The molecule has 0 amide bonds. The molecule has 6 heteroatoms. The number of unbranched alkanes of at least 4 members (excludes halogenated alkanes) is 4. The molecule has 0 fully saturated rings. The Morgan fingerprint density at radius 2 is 1.71 bits per heavy atom. The summed E-state index contributed by atoms with van der Waals surface area (Å²) in [5, 5.41) is 9.53. The molecule has 3 aromatic rings. The lowest BCUT2D eigenvalue weighted by Gasteiger charge is -2.08. The van der Waals surface area contributed by atoms with E-state index in [2.05, 4.69) is 6.92 Å². The first-order valence-corrected chi connectivity index (χ1v) is 10.6. The minimum atomic E-state index is -0.947. The maximum absolute atomic E-state index is 13.7. The van der Waals surface area contributed by atoms with Crippen molar-refractivity contribution in [2.75, 3.05) is 0 Å². The first-order chi connectivity index (χ1) is 15.0. The number of halogens is 2. The van der Waals surface area contributed by atoms with E-state index in [9.17, 15) is 18.7 Å². The summed E-state index contributed by atoms with van der Waals surface area (Å²) in [6.45, 7) is 2.75. The molecule has 31 heavy (non-hydrogen) atoms. The molecule has 0 unspecified atom stereocenters. The number of hydrogen-bond donors (Lipinski definition) is 1. The van der Waals surface area contributed by atoms with Crippen LogP contribution in [0.25, 0.3) is 11.1 Å². The zero-order valence-electron chi connectivity index (χ0n) is 17.6. The molecule has 1 aromatic heterocycles. The molecular formula is C25H27F2NO3. The topological polar surface area (TPSA) is 51.5 Å². The highest BCUT2D eigenvalue weighted by atomic mass is 19.1. The minimum Gasteiger partial charge on any atom is -0.489 e. The number of carbonyl (C=O) groups is 1. The molecule has 1 heterocycles. The van der Waals surface area contributed by atoms with Gasteiger partial charge in [-0.25, -0.2) is 13.6 Å². The van der Waals surface area contributed by atoms with Crippen LogP contribution in [0.3, 0.4) is 0 Å². The highest BCUT2D eigenvalue weighted by Gasteiger charge is 2.13. The first-order valence-electron chi connectivity index (χ1n) is 10.6. The summed E-state index contributed by atoms with van der Waals surface area (Å²) in [5.41, 5.74) is 2.09. The third-order valence-corrected chi connectivity index (χ3v) is 5.21. The third kappa shape index (κ3) is 6.17. The van der Waals surface area contributed by atoms with E-state index in [0.717, 1.165) is 48.6 Å². The summed E-state index contributed by atoms with van der Waals surface area (Å²) in [6.07, 6.45) is 7.42. The van der Waals surface area contributed by atoms with Crippen LogP contribution in [0.5, 0.6) is 5.75 Å². The van der Waals surface area contributed by atoms with E-state index in [1.807, 2.05) is 18.3 Å². The smallest absolute Gasteiger partial charge is 0.352 e. The Hall–Kier alpha value is -3.15. The average molecular weight is 427 g/mol. The van der Waals surface area contributed by atoms with Crippen LogP contribution in [0.4, 0.5) is 8.78 Å². The highest BCUT2D eigenvalue weighted by Crippen LogP contribution is 2.26. The number of benzene rings is 2. The van der Waals surface area contributed by atoms with Crippen LogP contribution < -0.4 is 4.74 Å². The Labute approximate surface area is 181 Å². The number of nitrogens with zero attached hydrogens (tertiary/aromatic N) is 1. The summed E-state index contributed by atoms with van der Waals surface area (Å²) >= 11 is 0. The molecule has 0 aliphatic rings. The van der Waals surface area contributed by atoms with Gasteiger partial charge in [0, 0.05) is 23.9 Å². The van der Waals surface area contributed by atoms with Gasteiger partial charge in [-0.15, -0.1) is 0 Å². The average Bonchev–Trinajstić information content (AvgIpc) is 3.19. The zero-order chi connectivity index (χ0) is 22.2. The molecule has 2 aromatic carbocycles. The van der Waals surface area contributed by atoms with Gasteiger partial charge in [0.1, 0.15) is 29.7 Å². The van der Waals surface area contributed by atoms with Crippen LogP contribution in [-0.2, 0) is 13.2 Å². The molecule has 0 saturated carbocycles. The number of carboxylic acid groups (broad SMARTS) is 1. The Morgan fingerprint density at radius 1 is 0.968 bits per heavy atom. The second kappa shape index (κ2) is 10.8. The standard InChI is InChI=1S/C25H27F2NO3/c1-2-3-4-5-6-13-28-16-19(15-24(28)25(29)30)18-7-10-22(11-8-18)31-17-20-14-21(26)9-12-23(20)27/h7-12,14-16H,2-6,13,17H2,1H3,(H,29,30). The highest BCUT2D eigenvalue weighted by molar-refractivity contribution is 5.88. The van der Waals surface area contributed by atoms with Crippen LogP contribution in [0.1, 0.15) is 55.1 Å². The Bertz CT molecular complexity index is 1010. The van der Waals surface area contributed by atoms with Gasteiger partial charge in [0.05, 0.1) is 0 Å². The molecule has 1 N–H and O–H groups in total. The fourth-order valence-electron chi connectivity index (χ4n) is 3.48. The number of carboxylic acids is 1. The second-order valence-electron chi connectivity index (χ2n) is 7.58. The van der Waals surface area contributed by atoms with Gasteiger partial charge >= 0.3 is 5.97 Å². The summed E-state index contributed by atoms with van der Waals surface area (Å²) in [6, 6.07) is 12.0. The predicted molar refractivity (Wildman–Crippen MR) is 116 cm³/mol. The lowest BCUT2D eigenvalue weighted by molar-refractivity contribution is 0.0685. The molecule has 0 radical (unpaired) electrons. The monoisotopic (exact) mass is 427 g/mol. The normalized spacial score (nSPS) is 10.9. The molecule has 0 aliphatic carbocycles. The van der Waals surface area contributed by atoms with Gasteiger partial charge < -0.3 is 14.4 Å². The fraction of sp³-hybridized carbons (Fsp3) is 0.320. The lowest BCUT2D eigenvalue weighted by Crippen LogP contribution is -2.07. The third-order valence-electron chi connectivity index (χ3n) is 5.21. The zero-order valence-corrected chi connectivity index (χ0v) is 17.6. The largest absolute Gasteiger partial charge is 0.489 e. The van der Waals surface area contributed by atoms with E-state index < -0.39 is 17.6 Å². The van der Waals surface area contributed by atoms with Gasteiger partial charge in [0.2, 0.25) is 0 Å². The van der Waals surface area contributed by atoms with Crippen LogP contribution >= 0.6 is 0 Å². The Balaban J connectivity index is 1.66. The van der Waals surface area contributed by atoms with Gasteiger partial charge in [-0.1, -0.05) is 44.7 Å². The summed E-state index contributed by atoms with van der Waals surface area (Å²) in [4.78, 5) is 11.6. The minimum absolute atomic E-state index is 0.0828. The van der Waals surface area contributed by atoms with Crippen molar-refractivity contribution in [1.29, 1.82) is 0 Å². The van der Waals surface area contributed by atoms with Gasteiger partial charge in [-0.05, 0) is 48.4 Å². The fourth-order valence-corrected chi connectivity index (χ4v) is 3.48. The number of aryl methyl sites for hydroxylation is 1. The second-order valence-corrected chi connectivity index (χ2v) is 7.58. The number of aromatic carboxylic acids is 1. The van der Waals surface area contributed by atoms with Crippen molar-refractivity contribution in [3.05, 3.63) is 77.6 Å². The summed E-state index contributed by atoms with van der Waals surface area (Å²) in [7, 11) is 0. The van der Waals surface area contributed by atoms with E-state index in [1.165, 1.54) is 12.8 Å². The van der Waals surface area contributed by atoms with Crippen molar-refractivity contribution in [3.8, 4) is 16.9 Å². The number of rotatable bonds is 11. The number of hydrogen-bond acceptors (Lipinski definition) is 2. The van der Waals surface area contributed by atoms with E-state index in [4.69, 9.17) is 4.74 Å². The lowest BCUT2D eigenvalue weighted by atomic mass is 10.1. The van der Waals surface area contributed by atoms with Crippen LogP contribution in [0, 0.1) is 11.6 Å². The quantitative estimate of drug-likeness (QED) is 0.347. The van der Waals surface area contributed by atoms with E-state index >= 15 is 0 Å². The van der Waals surface area contributed by atoms with Gasteiger partial charge in [0.15, 0.2) is 0 Å². The van der Waals surface area contributed by atoms with Crippen molar-refractivity contribution < 1.29 is 23.4 Å². The first kappa shape index (κ1) is 22.5. The van der Waals surface area contributed by atoms with Crippen molar-refractivity contribution in [2.45, 2.75) is 52.2 Å². The van der Waals surface area contributed by atoms with E-state index in [1.54, 1.807) is 22.8 Å². The van der Waals surface area contributed by atoms with Crippen molar-refractivity contribution in [2.24, 2.45) is 0 Å². The molecule has 0 atom stereocenters. The van der Waals surface area contributed by atoms with Gasteiger partial charge in [-0.3, -0.25) is 0 Å². The molecule has 0 saturated heterocycles. The van der Waals surface area contributed by atoms with Crippen LogP contribution in [0.2, 0.25) is 0 Å². The predicted octanol–water partition coefficient (Wildman–Crippen LogP) is 6.68. The van der Waals surface area contributed by atoms with Gasteiger partial charge in [0.25, 0.3) is 0 Å². The maximum atomic E-state index is 13.7. The van der Waals surface area contributed by atoms with Crippen molar-refractivity contribution in [1.82, 2.24) is 4.57 Å². The van der Waals surface area contributed by atoms with Crippen molar-refractivity contribution in [3.63, 3.8) is 0 Å². The molecule has 0 spiro atoms. The Kier molecular flexibility index (Phi) is 7.82. The van der Waals surface area contributed by atoms with E-state index in [0.29, 0.717) is 12.3 Å². The molecule has 0 aliphatic heterocycles. The summed E-state index contributed by atoms with van der Waals surface area (Å²) in [5.74, 6) is -1.46. The SMILES string of the molecule is CCCCCCCn1cc(-c2ccc(OCc3cc(F)ccc3F)cc2)cc1C(=O)O. The van der Waals surface area contributed by atoms with E-state index in [-0.39, 0.29) is 17.9 Å². The summed E-state index contributed by atoms with van der Waals surface area (Å²) < 4.78 is 34.3. The number of aromatic nitrogens is 1. The van der Waals surface area contributed by atoms with Crippen LogP contribution in [-0.4, -0.2) is 15.6 Å². The maximum Gasteiger partial charge on any atom is 0.352 e. The Morgan fingerprint density at radius 3 is 2.42 bits per heavy atom. The molecule has 164 valence electrons. The van der Waals surface area contributed by atoms with Crippen LogP contribution in [0.15, 0.2) is 54.7 Å². The van der Waals surface area contributed by atoms with Gasteiger partial charge in [-0.2, -0.15) is 0 Å². The molecule has 4 nitrogen and oxygen atoms in total.